The molecule has 0 aliphatic carbocycles. The lowest BCUT2D eigenvalue weighted by atomic mass is 10.0. The van der Waals surface area contributed by atoms with Gasteiger partial charge in [0.2, 0.25) is 10.0 Å². The van der Waals surface area contributed by atoms with Gasteiger partial charge in [-0.25, -0.2) is 8.42 Å². The van der Waals surface area contributed by atoms with Crippen molar-refractivity contribution in [3.05, 3.63) is 29.3 Å². The quantitative estimate of drug-likeness (QED) is 0.821. The van der Waals surface area contributed by atoms with Crippen LogP contribution in [0.2, 0.25) is 0 Å². The first-order valence-corrected chi connectivity index (χ1v) is 11.4. The number of benzene rings is 1. The number of hydrogen-bond acceptors (Lipinski definition) is 4. The highest BCUT2D eigenvalue weighted by molar-refractivity contribution is 7.92. The molecule has 1 amide bonds. The second-order valence-electron chi connectivity index (χ2n) is 7.28. The molecule has 2 heterocycles. The number of anilines is 1. The molecule has 0 bridgehead atoms. The zero-order chi connectivity index (χ0) is 18.7. The van der Waals surface area contributed by atoms with Crippen LogP contribution in [0.25, 0.3) is 0 Å². The molecule has 0 aromatic heterocycles. The number of nitrogens with zero attached hydrogens (tertiary/aromatic N) is 2. The van der Waals surface area contributed by atoms with Crippen molar-refractivity contribution in [3.8, 4) is 0 Å². The van der Waals surface area contributed by atoms with E-state index in [0.29, 0.717) is 36.8 Å². The number of fused-ring (bicyclic) bond motifs is 1. The first-order valence-electron chi connectivity index (χ1n) is 9.53. The average Bonchev–Trinajstić information content (AvgIpc) is 3.05. The largest absolute Gasteiger partial charge is 0.351 e. The Bertz CT molecular complexity index is 763. The molecule has 0 saturated carbocycles. The van der Waals surface area contributed by atoms with Crippen LogP contribution < -0.4 is 9.62 Å². The third-order valence-electron chi connectivity index (χ3n) is 5.50. The summed E-state index contributed by atoms with van der Waals surface area (Å²) in [5, 5.41) is 3.01. The Hall–Kier alpha value is -1.60. The van der Waals surface area contributed by atoms with E-state index in [1.165, 1.54) is 29.8 Å². The van der Waals surface area contributed by atoms with E-state index >= 15 is 0 Å². The molecular formula is C19H29N3O3S. The molecule has 2 aliphatic heterocycles. The molecule has 7 heteroatoms. The summed E-state index contributed by atoms with van der Waals surface area (Å²) in [6.45, 7) is 5.33. The maximum Gasteiger partial charge on any atom is 0.251 e. The SMILES string of the molecule is CCC1CCCCN1CCNC(=O)c1ccc2c(c1)CCN2S(C)(=O)=O. The number of carbonyl (C=O) groups excluding carboxylic acids is 1. The average molecular weight is 380 g/mol. The summed E-state index contributed by atoms with van der Waals surface area (Å²) in [6, 6.07) is 5.93. The molecule has 1 atom stereocenters. The van der Waals surface area contributed by atoms with Gasteiger partial charge in [0.05, 0.1) is 11.9 Å². The Morgan fingerprint density at radius 2 is 2.08 bits per heavy atom. The van der Waals surface area contributed by atoms with Crippen molar-refractivity contribution < 1.29 is 13.2 Å². The third-order valence-corrected chi connectivity index (χ3v) is 6.68. The van der Waals surface area contributed by atoms with Gasteiger partial charge in [-0.2, -0.15) is 0 Å². The summed E-state index contributed by atoms with van der Waals surface area (Å²) in [5.74, 6) is -0.0873. The van der Waals surface area contributed by atoms with Crippen LogP contribution in [0.15, 0.2) is 18.2 Å². The third kappa shape index (κ3) is 4.20. The van der Waals surface area contributed by atoms with Crippen LogP contribution >= 0.6 is 0 Å². The van der Waals surface area contributed by atoms with Crippen LogP contribution in [0.3, 0.4) is 0 Å². The molecule has 1 fully saturated rings. The number of sulfonamides is 1. The summed E-state index contributed by atoms with van der Waals surface area (Å²) in [4.78, 5) is 14.9. The highest BCUT2D eigenvalue weighted by Crippen LogP contribution is 2.30. The summed E-state index contributed by atoms with van der Waals surface area (Å²) in [6.07, 6.45) is 6.83. The van der Waals surface area contributed by atoms with Gasteiger partial charge in [0.15, 0.2) is 0 Å². The molecule has 2 aliphatic rings. The molecule has 1 aromatic rings. The topological polar surface area (TPSA) is 69.7 Å². The van der Waals surface area contributed by atoms with E-state index in [9.17, 15) is 13.2 Å². The minimum absolute atomic E-state index is 0.0873. The predicted octanol–water partition coefficient (Wildman–Crippen LogP) is 2.00. The summed E-state index contributed by atoms with van der Waals surface area (Å²) in [5.41, 5.74) is 2.22. The number of hydrogen-bond donors (Lipinski definition) is 1. The number of likely N-dealkylation sites (tertiary alicyclic amines) is 1. The van der Waals surface area contributed by atoms with Gasteiger partial charge >= 0.3 is 0 Å². The molecule has 0 radical (unpaired) electrons. The van der Waals surface area contributed by atoms with E-state index < -0.39 is 10.0 Å². The molecule has 6 nitrogen and oxygen atoms in total. The van der Waals surface area contributed by atoms with Crippen molar-refractivity contribution >= 4 is 21.6 Å². The van der Waals surface area contributed by atoms with Gasteiger partial charge in [-0.1, -0.05) is 13.3 Å². The minimum Gasteiger partial charge on any atom is -0.351 e. The monoisotopic (exact) mass is 379 g/mol. The van der Waals surface area contributed by atoms with E-state index in [1.807, 2.05) is 6.07 Å². The van der Waals surface area contributed by atoms with Gasteiger partial charge in [-0.05, 0) is 56.0 Å². The van der Waals surface area contributed by atoms with E-state index in [2.05, 4.69) is 17.1 Å². The lowest BCUT2D eigenvalue weighted by Gasteiger charge is -2.35. The minimum atomic E-state index is -3.26. The summed E-state index contributed by atoms with van der Waals surface area (Å²) >= 11 is 0. The molecule has 1 N–H and O–H groups in total. The smallest absolute Gasteiger partial charge is 0.251 e. The molecule has 3 rings (SSSR count). The van der Waals surface area contributed by atoms with Crippen molar-refractivity contribution in [2.75, 3.05) is 36.7 Å². The van der Waals surface area contributed by atoms with Crippen molar-refractivity contribution in [2.24, 2.45) is 0 Å². The Labute approximate surface area is 156 Å². The van der Waals surface area contributed by atoms with Crippen LogP contribution in [-0.4, -0.2) is 57.7 Å². The van der Waals surface area contributed by atoms with Gasteiger partial charge < -0.3 is 5.32 Å². The standard InChI is InChI=1S/C19H29N3O3S/c1-3-17-6-4-5-11-21(17)13-10-20-19(23)16-7-8-18-15(14-16)9-12-22(18)26(2,24)25/h7-8,14,17H,3-6,9-13H2,1-2H3,(H,20,23). The lowest BCUT2D eigenvalue weighted by molar-refractivity contribution is 0.0934. The summed E-state index contributed by atoms with van der Waals surface area (Å²) < 4.78 is 25.0. The van der Waals surface area contributed by atoms with Crippen molar-refractivity contribution in [1.82, 2.24) is 10.2 Å². The van der Waals surface area contributed by atoms with E-state index in [0.717, 1.165) is 25.1 Å². The fourth-order valence-electron chi connectivity index (χ4n) is 4.09. The van der Waals surface area contributed by atoms with Crippen LogP contribution in [0.1, 0.15) is 48.5 Å². The lowest BCUT2D eigenvalue weighted by Crippen LogP contribution is -2.43. The van der Waals surface area contributed by atoms with Gasteiger partial charge in [-0.15, -0.1) is 0 Å². The second kappa shape index (κ2) is 7.96. The molecule has 26 heavy (non-hydrogen) atoms. The molecule has 0 spiro atoms. The molecule has 1 unspecified atom stereocenters. The normalized spacial score (nSPS) is 20.8. The maximum atomic E-state index is 12.5. The van der Waals surface area contributed by atoms with Gasteiger partial charge in [0.25, 0.3) is 5.91 Å². The number of amides is 1. The molecule has 144 valence electrons. The summed E-state index contributed by atoms with van der Waals surface area (Å²) in [7, 11) is -3.26. The molecule has 1 saturated heterocycles. The predicted molar refractivity (Wildman–Crippen MR) is 104 cm³/mol. The number of nitrogens with one attached hydrogen (secondary N) is 1. The van der Waals surface area contributed by atoms with Crippen LogP contribution in [0.5, 0.6) is 0 Å². The van der Waals surface area contributed by atoms with Crippen molar-refractivity contribution in [2.45, 2.75) is 45.1 Å². The van der Waals surface area contributed by atoms with E-state index in [4.69, 9.17) is 0 Å². The first kappa shape index (κ1) is 19.2. The maximum absolute atomic E-state index is 12.5. The molecule has 1 aromatic carbocycles. The fraction of sp³-hybridized carbons (Fsp3) is 0.632. The van der Waals surface area contributed by atoms with Gasteiger partial charge in [0.1, 0.15) is 0 Å². The number of rotatable bonds is 6. The van der Waals surface area contributed by atoms with Crippen molar-refractivity contribution in [1.29, 1.82) is 0 Å². The van der Waals surface area contributed by atoms with E-state index in [-0.39, 0.29) is 5.91 Å². The zero-order valence-corrected chi connectivity index (χ0v) is 16.5. The van der Waals surface area contributed by atoms with E-state index in [1.54, 1.807) is 12.1 Å². The highest BCUT2D eigenvalue weighted by Gasteiger charge is 2.27. The second-order valence-corrected chi connectivity index (χ2v) is 9.19. The van der Waals surface area contributed by atoms with Crippen LogP contribution in [-0.2, 0) is 16.4 Å². The Morgan fingerprint density at radius 3 is 2.81 bits per heavy atom. The Morgan fingerprint density at radius 1 is 1.27 bits per heavy atom. The van der Waals surface area contributed by atoms with Crippen LogP contribution in [0, 0.1) is 0 Å². The van der Waals surface area contributed by atoms with Gasteiger partial charge in [-0.3, -0.25) is 14.0 Å². The number of carbonyl (C=O) groups is 1. The van der Waals surface area contributed by atoms with Crippen LogP contribution in [0.4, 0.5) is 5.69 Å². The highest BCUT2D eigenvalue weighted by atomic mass is 32.2. The van der Waals surface area contributed by atoms with Gasteiger partial charge in [0, 0.05) is 31.2 Å². The van der Waals surface area contributed by atoms with Crippen molar-refractivity contribution in [3.63, 3.8) is 0 Å². The Balaban J connectivity index is 1.57. The Kier molecular flexibility index (Phi) is 5.87. The first-order chi connectivity index (χ1) is 12.4. The zero-order valence-electron chi connectivity index (χ0n) is 15.7. The number of piperidine rings is 1. The fourth-order valence-corrected chi connectivity index (χ4v) is 5.05. The molecular weight excluding hydrogens is 350 g/mol.